The van der Waals surface area contributed by atoms with Gasteiger partial charge in [0, 0.05) is 0 Å². The van der Waals surface area contributed by atoms with E-state index in [9.17, 15) is 0 Å². The maximum atomic E-state index is 8.25. The van der Waals surface area contributed by atoms with Crippen molar-refractivity contribution in [3.05, 3.63) is 56.5 Å². The van der Waals surface area contributed by atoms with E-state index >= 15 is 0 Å². The fraction of sp³-hybridized carbons (Fsp3) is 0. The topological polar surface area (TPSA) is 238 Å². The van der Waals surface area contributed by atoms with Crippen LogP contribution in [0.5, 0.6) is 0 Å². The standard InChI is InChI=1S/3NO3.NO.Ru/c3*2-1(3)4;1-2;/q4*-1;+4. The molecule has 0 bridgehead atoms. The minimum Gasteiger partial charge on any atom is -0.577 e. The molecule has 15 heteroatoms. The van der Waals surface area contributed by atoms with Crippen LogP contribution >= 0.6 is 0 Å². The molecule has 15 heavy (non-hydrogen) atoms. The molecule has 0 saturated carbocycles. The van der Waals surface area contributed by atoms with Gasteiger partial charge in [-0.25, -0.2) is 0 Å². The van der Waals surface area contributed by atoms with Crippen LogP contribution in [0.15, 0.2) is 0 Å². The van der Waals surface area contributed by atoms with Crippen LogP contribution in [0.2, 0.25) is 0 Å². The predicted molar refractivity (Wildman–Crippen MR) is 37.8 cm³/mol. The van der Waals surface area contributed by atoms with Crippen molar-refractivity contribution in [2.75, 3.05) is 0 Å². The largest absolute Gasteiger partial charge is 4.00 e. The normalized spacial score (nSPS) is 5.07. The van der Waals surface area contributed by atoms with Crippen molar-refractivity contribution < 1.29 is 34.7 Å². The zero-order chi connectivity index (χ0) is 12.7. The molecule has 0 aliphatic rings. The molecule has 0 amide bonds. The summed E-state index contributed by atoms with van der Waals surface area (Å²) >= 11 is 0. The van der Waals surface area contributed by atoms with E-state index in [1.165, 1.54) is 0 Å². The molecule has 14 nitrogen and oxygen atoms in total. The van der Waals surface area contributed by atoms with Gasteiger partial charge >= 0.3 is 19.5 Å². The van der Waals surface area contributed by atoms with E-state index < -0.39 is 15.3 Å². The minimum absolute atomic E-state index is 0. The van der Waals surface area contributed by atoms with E-state index in [-0.39, 0.29) is 19.5 Å². The Hall–Kier alpha value is -2.18. The molecule has 0 aromatic heterocycles. The van der Waals surface area contributed by atoms with Crippen LogP contribution in [0.25, 0.3) is 5.59 Å². The Morgan fingerprint density at radius 3 is 0.600 bits per heavy atom. The molecule has 88 valence electrons. The first-order valence-corrected chi connectivity index (χ1v) is 1.83. The molecule has 0 aromatic rings. The van der Waals surface area contributed by atoms with E-state index in [0.717, 1.165) is 0 Å². The fourth-order valence-corrected chi connectivity index (χ4v) is 0. The van der Waals surface area contributed by atoms with E-state index in [2.05, 4.69) is 0 Å². The van der Waals surface area contributed by atoms with E-state index in [0.29, 0.717) is 0 Å². The summed E-state index contributed by atoms with van der Waals surface area (Å²) in [7, 11) is 0. The fourth-order valence-electron chi connectivity index (χ4n) is 0. The summed E-state index contributed by atoms with van der Waals surface area (Å²) < 4.78 is 0. The van der Waals surface area contributed by atoms with Gasteiger partial charge in [0.15, 0.2) is 0 Å². The molecule has 0 radical (unpaired) electrons. The van der Waals surface area contributed by atoms with Gasteiger partial charge in [0.25, 0.3) is 0 Å². The van der Waals surface area contributed by atoms with Crippen LogP contribution in [-0.2, 0) is 19.5 Å². The summed E-state index contributed by atoms with van der Waals surface area (Å²) in [5.74, 6) is 0. The van der Waals surface area contributed by atoms with Crippen molar-refractivity contribution in [2.24, 2.45) is 0 Å². The smallest absolute Gasteiger partial charge is 0.577 e. The molecule has 0 unspecified atom stereocenters. The first kappa shape index (κ1) is 29.3. The first-order chi connectivity index (χ1) is 6.20. The molecule has 0 N–H and O–H groups in total. The van der Waals surface area contributed by atoms with Crippen molar-refractivity contribution >= 4 is 0 Å². The maximum Gasteiger partial charge on any atom is 4.00 e. The molecule has 0 rings (SSSR count). The Labute approximate surface area is 92.0 Å². The van der Waals surface area contributed by atoms with E-state index in [1.807, 2.05) is 0 Å². The van der Waals surface area contributed by atoms with Gasteiger partial charge in [-0.1, -0.05) is 0 Å². The van der Waals surface area contributed by atoms with Gasteiger partial charge in [-0.15, -0.1) is 0 Å². The summed E-state index contributed by atoms with van der Waals surface area (Å²) in [6, 6.07) is 0. The van der Waals surface area contributed by atoms with E-state index in [4.69, 9.17) is 56.5 Å². The Balaban J connectivity index is -0.0000000298. The monoisotopic (exact) mass is 318 g/mol. The molecular formula is N4O10Ru. The average Bonchev–Trinajstić information content (AvgIpc) is 1.86. The molecule has 0 aliphatic carbocycles. The number of nitroso groups, excluding NO2 is 1. The Kier molecular flexibility index (Phi) is 58.1. The van der Waals surface area contributed by atoms with Gasteiger partial charge in [-0.3, -0.25) is 0 Å². The molecule has 0 heterocycles. The molecule has 0 fully saturated rings. The van der Waals surface area contributed by atoms with Crippen LogP contribution in [0, 0.1) is 50.9 Å². The third-order valence-corrected chi connectivity index (χ3v) is 0. The van der Waals surface area contributed by atoms with Crippen molar-refractivity contribution in [2.45, 2.75) is 0 Å². The van der Waals surface area contributed by atoms with Crippen LogP contribution in [-0.4, -0.2) is 15.3 Å². The van der Waals surface area contributed by atoms with Crippen LogP contribution < -0.4 is 0 Å². The first-order valence-electron chi connectivity index (χ1n) is 1.83. The number of rotatable bonds is 0. The van der Waals surface area contributed by atoms with Crippen molar-refractivity contribution in [1.29, 1.82) is 0 Å². The Bertz CT molecular complexity index is 126. The van der Waals surface area contributed by atoms with Gasteiger partial charge in [0.1, 0.15) is 0 Å². The van der Waals surface area contributed by atoms with Crippen LogP contribution in [0.4, 0.5) is 0 Å². The summed E-state index contributed by atoms with van der Waals surface area (Å²) in [5.41, 5.74) is 5.75. The second kappa shape index (κ2) is 29.7. The summed E-state index contributed by atoms with van der Waals surface area (Å²) in [5, 5.41) is 44.2. The molecule has 0 spiro atoms. The number of hydrogen-bond donors (Lipinski definition) is 0. The summed E-state index contributed by atoms with van der Waals surface area (Å²) in [6.07, 6.45) is 0. The molecule has 0 saturated heterocycles. The Morgan fingerprint density at radius 2 is 0.600 bits per heavy atom. The maximum absolute atomic E-state index is 8.25. The second-order valence-corrected chi connectivity index (χ2v) is 0.671. The van der Waals surface area contributed by atoms with Crippen molar-refractivity contribution in [3.8, 4) is 0 Å². The number of nitrogens with zero attached hydrogens (tertiary/aromatic N) is 4. The van der Waals surface area contributed by atoms with Crippen LogP contribution in [0.1, 0.15) is 0 Å². The quantitative estimate of drug-likeness (QED) is 0.318. The molecule has 0 atom stereocenters. The predicted octanol–water partition coefficient (Wildman–Crippen LogP) is -0.398. The zero-order valence-corrected chi connectivity index (χ0v) is 7.96. The Morgan fingerprint density at radius 1 is 0.600 bits per heavy atom. The zero-order valence-electron chi connectivity index (χ0n) is 6.22. The molecule has 0 aromatic carbocycles. The summed E-state index contributed by atoms with van der Waals surface area (Å²) in [6.45, 7) is 0. The van der Waals surface area contributed by atoms with Crippen LogP contribution in [0.3, 0.4) is 0 Å². The third-order valence-electron chi connectivity index (χ3n) is 0. The SMILES string of the molecule is O=[N+]([O-])[O-].O=[N+]([O-])[O-].O=[N+]([O-])[O-].[N-]=O.[Ru+4]. The van der Waals surface area contributed by atoms with Gasteiger partial charge in [-0.2, -0.15) is 0 Å². The average molecular weight is 317 g/mol. The van der Waals surface area contributed by atoms with Gasteiger partial charge in [0.2, 0.25) is 0 Å². The third kappa shape index (κ3) is 241. The van der Waals surface area contributed by atoms with Crippen molar-refractivity contribution in [1.82, 2.24) is 0 Å². The van der Waals surface area contributed by atoms with Gasteiger partial charge in [-0.05, 0) is 0 Å². The van der Waals surface area contributed by atoms with Crippen molar-refractivity contribution in [3.63, 3.8) is 0 Å². The summed E-state index contributed by atoms with van der Waals surface area (Å²) in [4.78, 5) is 32.0. The second-order valence-electron chi connectivity index (χ2n) is 0.671. The molecule has 0 aliphatic heterocycles. The van der Waals surface area contributed by atoms with Gasteiger partial charge < -0.3 is 56.5 Å². The van der Waals surface area contributed by atoms with E-state index in [1.54, 1.807) is 0 Å². The minimum atomic E-state index is -1.75. The number of hydrogen-bond acceptors (Lipinski definition) is 10. The van der Waals surface area contributed by atoms with Gasteiger partial charge in [0.05, 0.1) is 15.3 Å². The molecular weight excluding hydrogens is 317 g/mol.